The van der Waals surface area contributed by atoms with Crippen LogP contribution in [-0.4, -0.2) is 26.8 Å². The molecule has 0 saturated heterocycles. The number of allylic oxidation sites excluding steroid dienone is 3. The van der Waals surface area contributed by atoms with Crippen LogP contribution in [0.4, 0.5) is 0 Å². The van der Waals surface area contributed by atoms with Crippen molar-refractivity contribution in [2.45, 2.75) is 66.2 Å². The molecule has 3 heteroatoms. The van der Waals surface area contributed by atoms with E-state index >= 15 is 0 Å². The van der Waals surface area contributed by atoms with Crippen molar-refractivity contribution in [3.05, 3.63) is 23.3 Å². The van der Waals surface area contributed by atoms with Gasteiger partial charge in [0.05, 0.1) is 19.1 Å². The summed E-state index contributed by atoms with van der Waals surface area (Å²) in [4.78, 5) is 12.5. The summed E-state index contributed by atoms with van der Waals surface area (Å²) in [5.74, 6) is 0.944. The number of esters is 1. The Hall–Kier alpha value is -1.09. The van der Waals surface area contributed by atoms with Crippen LogP contribution in [0.3, 0.4) is 0 Å². The Kier molecular flexibility index (Phi) is 6.53. The zero-order chi connectivity index (χ0) is 18.7. The van der Waals surface area contributed by atoms with E-state index in [0.29, 0.717) is 18.4 Å². The Labute approximate surface area is 153 Å². The minimum Gasteiger partial charge on any atom is -0.469 e. The standard InChI is InChI=1S/C22H36O3/c1-16(12-15-24-5)11-14-21(3)17(2)9-10-19-18(21)8-7-13-22(19,4)20(23)25-6/h8,12,17,19H,7,9-11,13-15H2,1-6H3/b16-12+/t17-,19+,21+,22+/m1/s1. The van der Waals surface area contributed by atoms with E-state index in [1.165, 1.54) is 24.7 Å². The summed E-state index contributed by atoms with van der Waals surface area (Å²) in [5, 5.41) is 0. The van der Waals surface area contributed by atoms with Gasteiger partial charge in [-0.15, -0.1) is 0 Å². The first-order valence-electron chi connectivity index (χ1n) is 9.73. The predicted octanol–water partition coefficient (Wildman–Crippen LogP) is 5.31. The van der Waals surface area contributed by atoms with Gasteiger partial charge >= 0.3 is 5.97 Å². The van der Waals surface area contributed by atoms with Gasteiger partial charge in [0, 0.05) is 7.11 Å². The molecule has 0 N–H and O–H groups in total. The summed E-state index contributed by atoms with van der Waals surface area (Å²) in [5.41, 5.74) is 2.72. The van der Waals surface area contributed by atoms with Crippen molar-refractivity contribution in [2.75, 3.05) is 20.8 Å². The molecule has 1 fully saturated rings. The fraction of sp³-hybridized carbons (Fsp3) is 0.773. The normalized spacial score (nSPS) is 35.8. The second kappa shape index (κ2) is 8.07. The molecule has 0 aromatic rings. The van der Waals surface area contributed by atoms with E-state index in [0.717, 1.165) is 32.1 Å². The third-order valence-corrected chi connectivity index (χ3v) is 7.10. The van der Waals surface area contributed by atoms with E-state index in [9.17, 15) is 4.79 Å². The average molecular weight is 349 g/mol. The molecule has 2 rings (SSSR count). The molecule has 4 atom stereocenters. The SMILES string of the molecule is COC/C=C(\C)CC[C@]1(C)C2=CCC[C@](C)(C(=O)OC)[C@H]2CC[C@H]1C. The summed E-state index contributed by atoms with van der Waals surface area (Å²) < 4.78 is 10.4. The van der Waals surface area contributed by atoms with Gasteiger partial charge in [-0.2, -0.15) is 0 Å². The van der Waals surface area contributed by atoms with Gasteiger partial charge in [0.1, 0.15) is 0 Å². The highest BCUT2D eigenvalue weighted by molar-refractivity contribution is 5.77. The molecule has 3 nitrogen and oxygen atoms in total. The quantitative estimate of drug-likeness (QED) is 0.482. The monoisotopic (exact) mass is 348 g/mol. The van der Waals surface area contributed by atoms with Crippen molar-refractivity contribution in [1.29, 1.82) is 0 Å². The average Bonchev–Trinajstić information content (AvgIpc) is 2.61. The minimum atomic E-state index is -0.360. The smallest absolute Gasteiger partial charge is 0.312 e. The molecule has 0 amide bonds. The van der Waals surface area contributed by atoms with E-state index in [1.54, 1.807) is 7.11 Å². The maximum atomic E-state index is 12.5. The van der Waals surface area contributed by atoms with Gasteiger partial charge in [-0.3, -0.25) is 4.79 Å². The van der Waals surface area contributed by atoms with Gasteiger partial charge < -0.3 is 9.47 Å². The largest absolute Gasteiger partial charge is 0.469 e. The first-order valence-corrected chi connectivity index (χ1v) is 9.73. The first kappa shape index (κ1) is 20.2. The number of ether oxygens (including phenoxy) is 2. The number of methoxy groups -OCH3 is 2. The van der Waals surface area contributed by atoms with Crippen LogP contribution < -0.4 is 0 Å². The molecule has 0 aromatic heterocycles. The number of carbonyl (C=O) groups excluding carboxylic acids is 1. The molecule has 142 valence electrons. The van der Waals surface area contributed by atoms with Crippen molar-refractivity contribution in [2.24, 2.45) is 22.7 Å². The maximum Gasteiger partial charge on any atom is 0.312 e. The second-order valence-electron chi connectivity index (χ2n) is 8.56. The summed E-state index contributed by atoms with van der Waals surface area (Å²) in [6.07, 6.45) is 11.0. The third-order valence-electron chi connectivity index (χ3n) is 7.10. The molecular formula is C22H36O3. The second-order valence-corrected chi connectivity index (χ2v) is 8.56. The lowest BCUT2D eigenvalue weighted by Crippen LogP contribution is -2.47. The molecule has 25 heavy (non-hydrogen) atoms. The van der Waals surface area contributed by atoms with E-state index in [2.05, 4.69) is 39.8 Å². The predicted molar refractivity (Wildman–Crippen MR) is 102 cm³/mol. The minimum absolute atomic E-state index is 0.0313. The molecule has 0 aliphatic heterocycles. The van der Waals surface area contributed by atoms with Crippen molar-refractivity contribution in [1.82, 2.24) is 0 Å². The van der Waals surface area contributed by atoms with Crippen LogP contribution in [0.15, 0.2) is 23.3 Å². The molecule has 0 heterocycles. The zero-order valence-corrected chi connectivity index (χ0v) is 17.0. The van der Waals surface area contributed by atoms with Crippen LogP contribution in [0.25, 0.3) is 0 Å². The summed E-state index contributed by atoms with van der Waals surface area (Å²) in [6.45, 7) is 9.80. The molecule has 0 aromatic carbocycles. The Balaban J connectivity index is 2.25. The van der Waals surface area contributed by atoms with E-state index in [4.69, 9.17) is 9.47 Å². The van der Waals surface area contributed by atoms with Crippen molar-refractivity contribution in [3.63, 3.8) is 0 Å². The van der Waals surface area contributed by atoms with Crippen LogP contribution in [0, 0.1) is 22.7 Å². The summed E-state index contributed by atoms with van der Waals surface area (Å²) in [6, 6.07) is 0. The lowest BCUT2D eigenvalue weighted by atomic mass is 9.51. The third kappa shape index (κ3) is 3.86. The molecule has 2 aliphatic rings. The Morgan fingerprint density at radius 2 is 2.04 bits per heavy atom. The van der Waals surface area contributed by atoms with Crippen LogP contribution >= 0.6 is 0 Å². The van der Waals surface area contributed by atoms with Gasteiger partial charge in [0.15, 0.2) is 0 Å². The maximum absolute atomic E-state index is 12.5. The van der Waals surface area contributed by atoms with Crippen LogP contribution in [0.1, 0.15) is 66.2 Å². The summed E-state index contributed by atoms with van der Waals surface area (Å²) >= 11 is 0. The Bertz CT molecular complexity index is 547. The van der Waals surface area contributed by atoms with Crippen molar-refractivity contribution < 1.29 is 14.3 Å². The molecule has 0 bridgehead atoms. The Morgan fingerprint density at radius 1 is 1.32 bits per heavy atom. The number of rotatable bonds is 6. The Morgan fingerprint density at radius 3 is 2.68 bits per heavy atom. The van der Waals surface area contributed by atoms with Gasteiger partial charge in [0.25, 0.3) is 0 Å². The summed E-state index contributed by atoms with van der Waals surface area (Å²) in [7, 11) is 3.26. The fourth-order valence-corrected chi connectivity index (χ4v) is 4.96. The highest BCUT2D eigenvalue weighted by Gasteiger charge is 2.52. The van der Waals surface area contributed by atoms with Crippen molar-refractivity contribution >= 4 is 5.97 Å². The van der Waals surface area contributed by atoms with E-state index in [-0.39, 0.29) is 16.8 Å². The number of hydrogen-bond donors (Lipinski definition) is 0. The van der Waals surface area contributed by atoms with Gasteiger partial charge in [0.2, 0.25) is 0 Å². The number of hydrogen-bond acceptors (Lipinski definition) is 3. The molecule has 0 spiro atoms. The first-order chi connectivity index (χ1) is 11.8. The van der Waals surface area contributed by atoms with Crippen LogP contribution in [0.5, 0.6) is 0 Å². The van der Waals surface area contributed by atoms with Gasteiger partial charge in [-0.05, 0) is 69.6 Å². The van der Waals surface area contributed by atoms with E-state index in [1.807, 2.05) is 0 Å². The highest BCUT2D eigenvalue weighted by atomic mass is 16.5. The fourth-order valence-electron chi connectivity index (χ4n) is 4.96. The van der Waals surface area contributed by atoms with Crippen LogP contribution in [0.2, 0.25) is 0 Å². The number of carbonyl (C=O) groups is 1. The van der Waals surface area contributed by atoms with Gasteiger partial charge in [-0.1, -0.05) is 37.1 Å². The molecular weight excluding hydrogens is 312 g/mol. The topological polar surface area (TPSA) is 35.5 Å². The molecule has 0 unspecified atom stereocenters. The molecule has 1 saturated carbocycles. The molecule has 0 radical (unpaired) electrons. The van der Waals surface area contributed by atoms with Crippen molar-refractivity contribution in [3.8, 4) is 0 Å². The number of fused-ring (bicyclic) bond motifs is 1. The lowest BCUT2D eigenvalue weighted by Gasteiger charge is -2.53. The van der Waals surface area contributed by atoms with Gasteiger partial charge in [-0.25, -0.2) is 0 Å². The highest BCUT2D eigenvalue weighted by Crippen LogP contribution is 2.58. The zero-order valence-electron chi connectivity index (χ0n) is 17.0. The molecule has 2 aliphatic carbocycles. The van der Waals surface area contributed by atoms with E-state index < -0.39 is 0 Å². The van der Waals surface area contributed by atoms with Crippen LogP contribution in [-0.2, 0) is 14.3 Å². The lowest BCUT2D eigenvalue weighted by molar-refractivity contribution is -0.156.